The molecule has 6 nitrogen and oxygen atoms in total. The molecule has 156 valence electrons. The molecule has 1 aromatic carbocycles. The highest BCUT2D eigenvalue weighted by molar-refractivity contribution is 5.79. The molecule has 2 N–H and O–H groups in total. The number of amides is 2. The summed E-state index contributed by atoms with van der Waals surface area (Å²) in [4.78, 5) is 26.8. The summed E-state index contributed by atoms with van der Waals surface area (Å²) in [6.07, 6.45) is 7.63. The summed E-state index contributed by atoms with van der Waals surface area (Å²) in [5, 5.41) is 15.6. The van der Waals surface area contributed by atoms with Crippen LogP contribution in [0.4, 0.5) is 0 Å². The Morgan fingerprint density at radius 3 is 2.41 bits per heavy atom. The number of carbonyl (C=O) groups is 2. The summed E-state index contributed by atoms with van der Waals surface area (Å²) in [6.45, 7) is 1.91. The summed E-state index contributed by atoms with van der Waals surface area (Å²) >= 11 is 0. The van der Waals surface area contributed by atoms with Crippen molar-refractivity contribution in [3.63, 3.8) is 0 Å². The number of rotatable bonds is 7. The monoisotopic (exact) mass is 396 g/mol. The molecule has 0 unspecified atom stereocenters. The maximum atomic E-state index is 12.4. The van der Waals surface area contributed by atoms with Crippen LogP contribution in [0.3, 0.4) is 0 Å². The highest BCUT2D eigenvalue weighted by Crippen LogP contribution is 2.27. The number of benzene rings is 1. The smallest absolute Gasteiger partial charge is 0.235 e. The van der Waals surface area contributed by atoms with E-state index in [0.29, 0.717) is 13.0 Å². The molecule has 2 aliphatic rings. The molecule has 0 atom stereocenters. The van der Waals surface area contributed by atoms with Gasteiger partial charge in [-0.3, -0.25) is 14.5 Å². The first-order chi connectivity index (χ1) is 14.1. The van der Waals surface area contributed by atoms with Gasteiger partial charge in [0, 0.05) is 25.6 Å². The quantitative estimate of drug-likeness (QED) is 0.742. The van der Waals surface area contributed by atoms with Gasteiger partial charge in [-0.1, -0.05) is 49.6 Å². The molecule has 1 aromatic rings. The van der Waals surface area contributed by atoms with Crippen molar-refractivity contribution >= 4 is 11.8 Å². The fourth-order valence-corrected chi connectivity index (χ4v) is 4.37. The highest BCUT2D eigenvalue weighted by Gasteiger charge is 2.34. The standard InChI is InChI=1S/C23H32N4O2/c24-18-23(13-5-2-6-14-23)26-22(29)17-27-15-11-20(12-16-27)25-21(28)10-9-19-7-3-1-4-8-19/h1,3-4,7-8,20H,2,5-6,9-17H2,(H,25,28)(H,26,29). The Kier molecular flexibility index (Phi) is 7.65. The van der Waals surface area contributed by atoms with Gasteiger partial charge in [-0.25, -0.2) is 0 Å². The molecule has 1 saturated heterocycles. The molecule has 0 spiro atoms. The zero-order valence-electron chi connectivity index (χ0n) is 17.2. The zero-order valence-corrected chi connectivity index (χ0v) is 17.2. The van der Waals surface area contributed by atoms with Gasteiger partial charge in [0.2, 0.25) is 11.8 Å². The van der Waals surface area contributed by atoms with Crippen LogP contribution in [0.25, 0.3) is 0 Å². The molecule has 29 heavy (non-hydrogen) atoms. The maximum Gasteiger partial charge on any atom is 0.235 e. The van der Waals surface area contributed by atoms with E-state index in [2.05, 4.69) is 21.6 Å². The largest absolute Gasteiger partial charge is 0.353 e. The molecule has 6 heteroatoms. The number of likely N-dealkylation sites (tertiary alicyclic amines) is 1. The normalized spacial score (nSPS) is 19.8. The van der Waals surface area contributed by atoms with Gasteiger partial charge in [-0.15, -0.1) is 0 Å². The zero-order chi connectivity index (χ0) is 20.5. The number of nitrogens with zero attached hydrogens (tertiary/aromatic N) is 2. The van der Waals surface area contributed by atoms with Gasteiger partial charge in [0.25, 0.3) is 0 Å². The van der Waals surface area contributed by atoms with E-state index in [1.54, 1.807) is 0 Å². The Balaban J connectivity index is 1.35. The average molecular weight is 397 g/mol. The third-order valence-electron chi connectivity index (χ3n) is 6.10. The van der Waals surface area contributed by atoms with Crippen molar-refractivity contribution in [2.24, 2.45) is 0 Å². The number of nitrogens with one attached hydrogen (secondary N) is 2. The lowest BCUT2D eigenvalue weighted by Crippen LogP contribution is -2.53. The van der Waals surface area contributed by atoms with E-state index in [0.717, 1.165) is 64.5 Å². The third-order valence-corrected chi connectivity index (χ3v) is 6.10. The maximum absolute atomic E-state index is 12.4. The minimum Gasteiger partial charge on any atom is -0.353 e. The van der Waals surface area contributed by atoms with Gasteiger partial charge < -0.3 is 10.6 Å². The molecule has 0 aromatic heterocycles. The van der Waals surface area contributed by atoms with Crippen LogP contribution >= 0.6 is 0 Å². The lowest BCUT2D eigenvalue weighted by Gasteiger charge is -2.34. The fourth-order valence-electron chi connectivity index (χ4n) is 4.37. The van der Waals surface area contributed by atoms with Gasteiger partial charge >= 0.3 is 0 Å². The van der Waals surface area contributed by atoms with E-state index in [9.17, 15) is 14.9 Å². The molecule has 2 fully saturated rings. The minimum absolute atomic E-state index is 0.0567. The van der Waals surface area contributed by atoms with Crippen LogP contribution in [-0.2, 0) is 16.0 Å². The second kappa shape index (κ2) is 10.4. The summed E-state index contributed by atoms with van der Waals surface area (Å²) in [7, 11) is 0. The highest BCUT2D eigenvalue weighted by atomic mass is 16.2. The van der Waals surface area contributed by atoms with E-state index in [1.165, 1.54) is 5.56 Å². The van der Waals surface area contributed by atoms with Crippen molar-refractivity contribution in [1.29, 1.82) is 5.26 Å². The van der Waals surface area contributed by atoms with Crippen LogP contribution in [0, 0.1) is 11.3 Å². The lowest BCUT2D eigenvalue weighted by atomic mass is 9.83. The minimum atomic E-state index is -0.666. The summed E-state index contributed by atoms with van der Waals surface area (Å²) < 4.78 is 0. The predicted octanol–water partition coefficient (Wildman–Crippen LogP) is 2.54. The van der Waals surface area contributed by atoms with Crippen LogP contribution in [0.1, 0.15) is 56.9 Å². The molecular formula is C23H32N4O2. The SMILES string of the molecule is N#CC1(NC(=O)CN2CCC(NC(=O)CCc3ccccc3)CC2)CCCCC1. The molecular weight excluding hydrogens is 364 g/mol. The average Bonchev–Trinajstić information content (AvgIpc) is 2.75. The predicted molar refractivity (Wildman–Crippen MR) is 112 cm³/mol. The van der Waals surface area contributed by atoms with Crippen LogP contribution in [0.5, 0.6) is 0 Å². The van der Waals surface area contributed by atoms with Crippen LogP contribution < -0.4 is 10.6 Å². The van der Waals surface area contributed by atoms with Crippen molar-refractivity contribution in [2.75, 3.05) is 19.6 Å². The van der Waals surface area contributed by atoms with Gasteiger partial charge in [-0.2, -0.15) is 5.26 Å². The molecule has 3 rings (SSSR count). The molecule has 2 amide bonds. The van der Waals surface area contributed by atoms with Crippen LogP contribution in [0.15, 0.2) is 30.3 Å². The molecule has 1 heterocycles. The molecule has 1 aliphatic heterocycles. The van der Waals surface area contributed by atoms with Crippen molar-refractivity contribution in [2.45, 2.75) is 69.4 Å². The van der Waals surface area contributed by atoms with Gasteiger partial charge in [-0.05, 0) is 37.7 Å². The van der Waals surface area contributed by atoms with Gasteiger partial charge in [0.1, 0.15) is 5.54 Å². The number of nitriles is 1. The Morgan fingerprint density at radius 1 is 1.07 bits per heavy atom. The van der Waals surface area contributed by atoms with E-state index in [4.69, 9.17) is 0 Å². The third kappa shape index (κ3) is 6.57. The van der Waals surface area contributed by atoms with Gasteiger partial charge in [0.05, 0.1) is 12.6 Å². The molecule has 0 radical (unpaired) electrons. The Labute approximate surface area is 173 Å². The number of aryl methyl sites for hydroxylation is 1. The van der Waals surface area contributed by atoms with Crippen molar-refractivity contribution < 1.29 is 9.59 Å². The Bertz CT molecular complexity index is 714. The first-order valence-electron chi connectivity index (χ1n) is 10.9. The van der Waals surface area contributed by atoms with E-state index in [-0.39, 0.29) is 17.9 Å². The Morgan fingerprint density at radius 2 is 1.76 bits per heavy atom. The first kappa shape index (κ1) is 21.3. The molecule has 1 aliphatic carbocycles. The van der Waals surface area contributed by atoms with E-state index in [1.807, 2.05) is 30.3 Å². The number of carbonyl (C=O) groups excluding carboxylic acids is 2. The summed E-state index contributed by atoms with van der Waals surface area (Å²) in [5.74, 6) is 0.0390. The second-order valence-corrected chi connectivity index (χ2v) is 8.41. The first-order valence-corrected chi connectivity index (χ1v) is 10.9. The molecule has 1 saturated carbocycles. The number of piperidine rings is 1. The van der Waals surface area contributed by atoms with Crippen molar-refractivity contribution in [1.82, 2.24) is 15.5 Å². The fraction of sp³-hybridized carbons (Fsp3) is 0.609. The topological polar surface area (TPSA) is 85.2 Å². The Hall–Kier alpha value is -2.39. The summed E-state index contributed by atoms with van der Waals surface area (Å²) in [6, 6.07) is 12.6. The molecule has 0 bridgehead atoms. The van der Waals surface area contributed by atoms with Crippen LogP contribution in [0.2, 0.25) is 0 Å². The van der Waals surface area contributed by atoms with Gasteiger partial charge in [0.15, 0.2) is 0 Å². The second-order valence-electron chi connectivity index (χ2n) is 8.41. The lowest BCUT2D eigenvalue weighted by molar-refractivity contribution is -0.125. The van der Waals surface area contributed by atoms with Crippen molar-refractivity contribution in [3.05, 3.63) is 35.9 Å². The number of hydrogen-bond acceptors (Lipinski definition) is 4. The van der Waals surface area contributed by atoms with E-state index < -0.39 is 5.54 Å². The van der Waals surface area contributed by atoms with E-state index >= 15 is 0 Å². The summed E-state index contributed by atoms with van der Waals surface area (Å²) in [5.41, 5.74) is 0.511. The van der Waals surface area contributed by atoms with Crippen LogP contribution in [-0.4, -0.2) is 47.9 Å². The number of hydrogen-bond donors (Lipinski definition) is 2. The van der Waals surface area contributed by atoms with Crippen molar-refractivity contribution in [3.8, 4) is 6.07 Å².